The van der Waals surface area contributed by atoms with Crippen LogP contribution in [-0.4, -0.2) is 68.5 Å². The first kappa shape index (κ1) is 79.2. The Hall–Kier alpha value is -0.760. The SMILES string of the molecule is CCCCCCCCCCCCCCCCCCC/C=C/C(O)C(COP(=O)([O-])OCC[N+](C)(C)C)NC(=O)CCCCCCCCCCCCCCCCCCCCCCCCCCCCCCCCCCCCCCCCC. The number of allylic oxidation sites excluding steroid dienone is 1. The highest BCUT2D eigenvalue weighted by Crippen LogP contribution is 2.38. The zero-order valence-corrected chi connectivity index (χ0v) is 55.7. The number of amides is 1. The van der Waals surface area contributed by atoms with Crippen LogP contribution in [0.2, 0.25) is 0 Å². The molecule has 0 aromatic carbocycles. The van der Waals surface area contributed by atoms with Crippen LogP contribution in [0.3, 0.4) is 0 Å². The maximum Gasteiger partial charge on any atom is 0.268 e. The van der Waals surface area contributed by atoms with E-state index in [2.05, 4.69) is 19.2 Å². The smallest absolute Gasteiger partial charge is 0.268 e. The lowest BCUT2D eigenvalue weighted by Gasteiger charge is -2.29. The lowest BCUT2D eigenvalue weighted by Crippen LogP contribution is -2.45. The standard InChI is InChI=1S/C71H143N2O6P/c1-6-8-10-12-14-16-18-20-22-24-26-27-28-29-30-31-32-33-34-35-36-37-38-39-40-41-42-43-44-45-47-49-51-53-55-57-59-61-63-65-71(75)72-69(68-79-80(76,77)78-67-66-73(3,4)5)70(74)64-62-60-58-56-54-52-50-48-46-25-23-21-19-17-15-13-11-9-7-2/h62,64,69-70,74H,6-61,63,65-68H2,1-5H3,(H-,72,75,76,77)/b64-62+. The molecule has 0 aromatic heterocycles. The summed E-state index contributed by atoms with van der Waals surface area (Å²) in [5, 5.41) is 13.9. The minimum atomic E-state index is -4.60. The lowest BCUT2D eigenvalue weighted by atomic mass is 10.0. The summed E-state index contributed by atoms with van der Waals surface area (Å²) in [6.45, 7) is 4.72. The van der Waals surface area contributed by atoms with Crippen molar-refractivity contribution >= 4 is 13.7 Å². The monoisotopic (exact) mass is 1150 g/mol. The quantitative estimate of drug-likeness (QED) is 0.0272. The highest BCUT2D eigenvalue weighted by atomic mass is 31.2. The van der Waals surface area contributed by atoms with E-state index < -0.39 is 20.0 Å². The fourth-order valence-corrected chi connectivity index (χ4v) is 12.1. The zero-order chi connectivity index (χ0) is 58.4. The van der Waals surface area contributed by atoms with Gasteiger partial charge in [-0.3, -0.25) is 9.36 Å². The van der Waals surface area contributed by atoms with Crippen molar-refractivity contribution in [2.45, 2.75) is 398 Å². The zero-order valence-electron chi connectivity index (χ0n) is 54.8. The Kier molecular flexibility index (Phi) is 62.2. The maximum atomic E-state index is 13.0. The molecule has 0 spiro atoms. The van der Waals surface area contributed by atoms with E-state index >= 15 is 0 Å². The van der Waals surface area contributed by atoms with Gasteiger partial charge in [-0.15, -0.1) is 0 Å². The van der Waals surface area contributed by atoms with Crippen LogP contribution in [0.25, 0.3) is 0 Å². The molecule has 0 saturated heterocycles. The van der Waals surface area contributed by atoms with Crippen LogP contribution < -0.4 is 10.2 Å². The van der Waals surface area contributed by atoms with Gasteiger partial charge in [0.15, 0.2) is 0 Å². The third-order valence-electron chi connectivity index (χ3n) is 17.0. The second-order valence-corrected chi connectivity index (χ2v) is 27.7. The van der Waals surface area contributed by atoms with Crippen LogP contribution in [0.1, 0.15) is 386 Å². The number of phosphoric ester groups is 1. The Morgan fingerprint density at radius 1 is 0.425 bits per heavy atom. The number of carbonyl (C=O) groups is 1. The second kappa shape index (κ2) is 62.8. The molecular formula is C71H143N2O6P. The number of hydrogen-bond acceptors (Lipinski definition) is 6. The number of carbonyl (C=O) groups excluding carboxylic acids is 1. The van der Waals surface area contributed by atoms with E-state index in [1.165, 1.54) is 327 Å². The Bertz CT molecular complexity index is 1310. The van der Waals surface area contributed by atoms with E-state index in [0.29, 0.717) is 17.4 Å². The Morgan fingerprint density at radius 2 is 0.675 bits per heavy atom. The van der Waals surface area contributed by atoms with Crippen molar-refractivity contribution in [1.82, 2.24) is 5.32 Å². The number of aliphatic hydroxyl groups is 1. The summed E-state index contributed by atoms with van der Waals surface area (Å²) in [4.78, 5) is 25.6. The molecule has 3 atom stereocenters. The predicted octanol–water partition coefficient (Wildman–Crippen LogP) is 22.3. The molecule has 1 amide bonds. The van der Waals surface area contributed by atoms with Crippen molar-refractivity contribution in [3.05, 3.63) is 12.2 Å². The highest BCUT2D eigenvalue weighted by Gasteiger charge is 2.23. The molecule has 0 aliphatic rings. The van der Waals surface area contributed by atoms with Gasteiger partial charge in [-0.1, -0.05) is 373 Å². The molecule has 0 aliphatic carbocycles. The average molecular weight is 1150 g/mol. The van der Waals surface area contributed by atoms with Gasteiger partial charge in [0, 0.05) is 6.42 Å². The van der Waals surface area contributed by atoms with E-state index in [9.17, 15) is 19.4 Å². The predicted molar refractivity (Wildman–Crippen MR) is 349 cm³/mol. The third kappa shape index (κ3) is 64.8. The molecule has 0 aliphatic heterocycles. The van der Waals surface area contributed by atoms with Crippen LogP contribution in [0.15, 0.2) is 12.2 Å². The van der Waals surface area contributed by atoms with Gasteiger partial charge in [-0.05, 0) is 19.3 Å². The van der Waals surface area contributed by atoms with E-state index in [0.717, 1.165) is 38.5 Å². The number of quaternary nitrogens is 1. The van der Waals surface area contributed by atoms with Crippen LogP contribution in [-0.2, 0) is 18.4 Å². The summed E-state index contributed by atoms with van der Waals surface area (Å²) in [6, 6.07) is -0.883. The Labute approximate surface area is 501 Å². The minimum absolute atomic E-state index is 0.00288. The molecule has 0 aromatic rings. The van der Waals surface area contributed by atoms with Gasteiger partial charge in [0.1, 0.15) is 13.2 Å². The van der Waals surface area contributed by atoms with Gasteiger partial charge in [0.05, 0.1) is 39.9 Å². The van der Waals surface area contributed by atoms with Crippen molar-refractivity contribution in [1.29, 1.82) is 0 Å². The number of hydrogen-bond donors (Lipinski definition) is 2. The summed E-state index contributed by atoms with van der Waals surface area (Å²) in [6.07, 6.45) is 80.7. The van der Waals surface area contributed by atoms with Gasteiger partial charge in [0.25, 0.3) is 7.82 Å². The number of nitrogens with one attached hydrogen (secondary N) is 1. The van der Waals surface area contributed by atoms with Gasteiger partial charge >= 0.3 is 0 Å². The number of likely N-dealkylation sites (N-methyl/N-ethyl adjacent to an activating group) is 1. The molecule has 8 nitrogen and oxygen atoms in total. The van der Waals surface area contributed by atoms with Crippen LogP contribution >= 0.6 is 7.82 Å². The number of unbranched alkanes of at least 4 members (excludes halogenated alkanes) is 55. The molecule has 0 heterocycles. The number of nitrogens with zero attached hydrogens (tertiary/aromatic N) is 1. The first-order valence-corrected chi connectivity index (χ1v) is 37.5. The van der Waals surface area contributed by atoms with Crippen LogP contribution in [0.4, 0.5) is 0 Å². The molecule has 478 valence electrons. The molecule has 3 unspecified atom stereocenters. The molecule has 0 radical (unpaired) electrons. The molecule has 80 heavy (non-hydrogen) atoms. The van der Waals surface area contributed by atoms with E-state index in [1.54, 1.807) is 6.08 Å². The van der Waals surface area contributed by atoms with Gasteiger partial charge in [0.2, 0.25) is 5.91 Å². The molecular weight excluding hydrogens is 1010 g/mol. The Balaban J connectivity index is 3.88. The first-order valence-electron chi connectivity index (χ1n) is 36.1. The molecule has 2 N–H and O–H groups in total. The van der Waals surface area contributed by atoms with E-state index in [-0.39, 0.29) is 19.1 Å². The third-order valence-corrected chi connectivity index (χ3v) is 18.0. The number of phosphoric acid groups is 1. The molecule has 0 rings (SSSR count). The second-order valence-electron chi connectivity index (χ2n) is 26.3. The van der Waals surface area contributed by atoms with Crippen LogP contribution in [0.5, 0.6) is 0 Å². The number of rotatable bonds is 68. The normalized spacial score (nSPS) is 13.6. The fraction of sp³-hybridized carbons (Fsp3) is 0.958. The summed E-state index contributed by atoms with van der Waals surface area (Å²) in [5.41, 5.74) is 0. The van der Waals surface area contributed by atoms with E-state index in [1.807, 2.05) is 27.2 Å². The van der Waals surface area contributed by atoms with Gasteiger partial charge < -0.3 is 28.8 Å². The topological polar surface area (TPSA) is 108 Å². The number of aliphatic hydroxyl groups excluding tert-OH is 1. The van der Waals surface area contributed by atoms with E-state index in [4.69, 9.17) is 9.05 Å². The van der Waals surface area contributed by atoms with Crippen molar-refractivity contribution in [3.8, 4) is 0 Å². The highest BCUT2D eigenvalue weighted by molar-refractivity contribution is 7.45. The Morgan fingerprint density at radius 3 is 0.938 bits per heavy atom. The van der Waals surface area contributed by atoms with Crippen LogP contribution in [0, 0.1) is 0 Å². The molecule has 9 heteroatoms. The van der Waals surface area contributed by atoms with Crippen molar-refractivity contribution in [2.24, 2.45) is 0 Å². The van der Waals surface area contributed by atoms with Crippen molar-refractivity contribution in [2.75, 3.05) is 40.9 Å². The molecule has 0 saturated carbocycles. The summed E-state index contributed by atoms with van der Waals surface area (Å²) in [7, 11) is 1.28. The van der Waals surface area contributed by atoms with Gasteiger partial charge in [-0.25, -0.2) is 0 Å². The summed E-state index contributed by atoms with van der Waals surface area (Å²) < 4.78 is 23.4. The lowest BCUT2D eigenvalue weighted by molar-refractivity contribution is -0.870. The fourth-order valence-electron chi connectivity index (χ4n) is 11.4. The van der Waals surface area contributed by atoms with Crippen molar-refractivity contribution < 1.29 is 32.9 Å². The van der Waals surface area contributed by atoms with Crippen molar-refractivity contribution in [3.63, 3.8) is 0 Å². The largest absolute Gasteiger partial charge is 0.756 e. The minimum Gasteiger partial charge on any atom is -0.756 e. The summed E-state index contributed by atoms with van der Waals surface area (Å²) >= 11 is 0. The molecule has 0 bridgehead atoms. The molecule has 0 fully saturated rings. The maximum absolute atomic E-state index is 13.0. The average Bonchev–Trinajstić information content (AvgIpc) is 3.42. The summed E-state index contributed by atoms with van der Waals surface area (Å²) in [5.74, 6) is -0.188. The first-order chi connectivity index (χ1) is 39.0. The van der Waals surface area contributed by atoms with Gasteiger partial charge in [-0.2, -0.15) is 0 Å².